The van der Waals surface area contributed by atoms with Crippen LogP contribution in [0.5, 0.6) is 0 Å². The van der Waals surface area contributed by atoms with Crippen LogP contribution in [0.15, 0.2) is 27.8 Å². The molecular formula is C12H12BrN3O3S. The van der Waals surface area contributed by atoms with E-state index in [0.717, 1.165) is 9.48 Å². The number of carbonyl (C=O) groups excluding carboxylic acids is 2. The van der Waals surface area contributed by atoms with Crippen LogP contribution in [0.1, 0.15) is 16.1 Å². The molecule has 106 valence electrons. The number of nitrogens with zero attached hydrogens (tertiary/aromatic N) is 1. The molecule has 0 aliphatic rings. The first-order valence-electron chi connectivity index (χ1n) is 5.70. The number of carbonyl (C=O) groups is 2. The van der Waals surface area contributed by atoms with Crippen molar-refractivity contribution in [1.82, 2.24) is 15.3 Å². The van der Waals surface area contributed by atoms with Crippen molar-refractivity contribution in [3.05, 3.63) is 39.0 Å². The van der Waals surface area contributed by atoms with Gasteiger partial charge in [0, 0.05) is 23.7 Å². The lowest BCUT2D eigenvalue weighted by Gasteiger charge is -2.15. The molecule has 0 aliphatic heterocycles. The van der Waals surface area contributed by atoms with E-state index < -0.39 is 12.0 Å². The molecule has 2 aromatic heterocycles. The number of thiophene rings is 1. The molecule has 0 radical (unpaired) electrons. The second-order valence-electron chi connectivity index (χ2n) is 3.97. The third kappa shape index (κ3) is 3.67. The van der Waals surface area contributed by atoms with Gasteiger partial charge in [0.1, 0.15) is 6.04 Å². The normalized spacial score (nSPS) is 11.9. The third-order valence-electron chi connectivity index (χ3n) is 2.60. The number of amides is 1. The van der Waals surface area contributed by atoms with Gasteiger partial charge in [0.2, 0.25) is 0 Å². The Hall–Kier alpha value is -1.67. The number of halogens is 1. The summed E-state index contributed by atoms with van der Waals surface area (Å²) < 4.78 is 5.56. The molecule has 6 nitrogen and oxygen atoms in total. The Morgan fingerprint density at radius 2 is 2.40 bits per heavy atom. The van der Waals surface area contributed by atoms with Crippen molar-refractivity contribution in [1.29, 1.82) is 0 Å². The van der Waals surface area contributed by atoms with Gasteiger partial charge in [-0.05, 0) is 22.0 Å². The van der Waals surface area contributed by atoms with Crippen molar-refractivity contribution in [3.8, 4) is 0 Å². The van der Waals surface area contributed by atoms with Gasteiger partial charge in [0.15, 0.2) is 0 Å². The minimum absolute atomic E-state index is 0.295. The first-order chi connectivity index (χ1) is 9.60. The number of H-pyrrole nitrogens is 1. The Labute approximate surface area is 127 Å². The molecule has 0 fully saturated rings. The van der Waals surface area contributed by atoms with Crippen LogP contribution in [0, 0.1) is 0 Å². The topological polar surface area (TPSA) is 84.1 Å². The standard InChI is InChI=1S/C12H12BrN3O3S/c1-19-12(18)9(3-8-4-14-6-15-8)16-11(17)7-2-10(13)20-5-7/h2,4-6,9H,3H2,1H3,(H,14,15)(H,16,17)/t9-/m0/s1. The Bertz CT molecular complexity index is 597. The summed E-state index contributed by atoms with van der Waals surface area (Å²) in [5, 5.41) is 4.37. The fourth-order valence-electron chi connectivity index (χ4n) is 1.62. The van der Waals surface area contributed by atoms with E-state index in [-0.39, 0.29) is 5.91 Å². The fourth-order valence-corrected chi connectivity index (χ4v) is 2.76. The summed E-state index contributed by atoms with van der Waals surface area (Å²) in [4.78, 5) is 30.6. The highest BCUT2D eigenvalue weighted by Crippen LogP contribution is 2.20. The van der Waals surface area contributed by atoms with Gasteiger partial charge in [-0.15, -0.1) is 11.3 Å². The number of hydrogen-bond donors (Lipinski definition) is 2. The maximum absolute atomic E-state index is 12.1. The SMILES string of the molecule is COC(=O)[C@H](Cc1cnc[nH]1)NC(=O)c1csc(Br)c1. The van der Waals surface area contributed by atoms with Crippen LogP contribution in [0.3, 0.4) is 0 Å². The van der Waals surface area contributed by atoms with Gasteiger partial charge in [-0.3, -0.25) is 4.79 Å². The summed E-state index contributed by atoms with van der Waals surface area (Å²) in [5.74, 6) is -0.816. The number of rotatable bonds is 5. The van der Waals surface area contributed by atoms with Crippen molar-refractivity contribution < 1.29 is 14.3 Å². The highest BCUT2D eigenvalue weighted by Gasteiger charge is 2.23. The van der Waals surface area contributed by atoms with Crippen LogP contribution in [0.4, 0.5) is 0 Å². The zero-order valence-electron chi connectivity index (χ0n) is 10.6. The molecule has 0 aromatic carbocycles. The number of imidazole rings is 1. The number of methoxy groups -OCH3 is 1. The zero-order valence-corrected chi connectivity index (χ0v) is 13.0. The molecule has 0 saturated heterocycles. The zero-order chi connectivity index (χ0) is 14.5. The molecular weight excluding hydrogens is 346 g/mol. The summed E-state index contributed by atoms with van der Waals surface area (Å²) in [7, 11) is 1.29. The highest BCUT2D eigenvalue weighted by molar-refractivity contribution is 9.11. The van der Waals surface area contributed by atoms with E-state index in [1.807, 2.05) is 0 Å². The van der Waals surface area contributed by atoms with Crippen LogP contribution in [0.25, 0.3) is 0 Å². The molecule has 20 heavy (non-hydrogen) atoms. The fraction of sp³-hybridized carbons (Fsp3) is 0.250. The number of hydrogen-bond acceptors (Lipinski definition) is 5. The molecule has 2 rings (SSSR count). The van der Waals surface area contributed by atoms with E-state index in [9.17, 15) is 9.59 Å². The third-order valence-corrected chi connectivity index (χ3v) is 4.10. The van der Waals surface area contributed by atoms with E-state index in [1.54, 1.807) is 17.6 Å². The Kier molecular flexibility index (Phi) is 4.91. The quantitative estimate of drug-likeness (QED) is 0.798. The summed E-state index contributed by atoms with van der Waals surface area (Å²) in [6.45, 7) is 0. The van der Waals surface area contributed by atoms with Crippen LogP contribution < -0.4 is 5.32 Å². The Balaban J connectivity index is 2.07. The average molecular weight is 358 g/mol. The first kappa shape index (κ1) is 14.7. The molecule has 0 aliphatic carbocycles. The van der Waals surface area contributed by atoms with Crippen LogP contribution in [-0.2, 0) is 16.0 Å². The van der Waals surface area contributed by atoms with Gasteiger partial charge in [0.25, 0.3) is 5.91 Å². The van der Waals surface area contributed by atoms with Crippen molar-refractivity contribution >= 4 is 39.1 Å². The number of ether oxygens (including phenoxy) is 1. The lowest BCUT2D eigenvalue weighted by Crippen LogP contribution is -2.43. The summed E-state index contributed by atoms with van der Waals surface area (Å²) in [5.41, 5.74) is 1.24. The second-order valence-corrected chi connectivity index (χ2v) is 6.26. The number of nitrogens with one attached hydrogen (secondary N) is 2. The number of esters is 1. The van der Waals surface area contributed by atoms with E-state index >= 15 is 0 Å². The molecule has 1 atom stereocenters. The smallest absolute Gasteiger partial charge is 0.328 e. The largest absolute Gasteiger partial charge is 0.467 e. The van der Waals surface area contributed by atoms with Crippen molar-refractivity contribution in [3.63, 3.8) is 0 Å². The maximum atomic E-state index is 12.1. The van der Waals surface area contributed by atoms with E-state index in [1.165, 1.54) is 24.8 Å². The maximum Gasteiger partial charge on any atom is 0.328 e. The van der Waals surface area contributed by atoms with Gasteiger partial charge in [-0.2, -0.15) is 0 Å². The van der Waals surface area contributed by atoms with Crippen LogP contribution >= 0.6 is 27.3 Å². The first-order valence-corrected chi connectivity index (χ1v) is 7.37. The lowest BCUT2D eigenvalue weighted by molar-refractivity contribution is -0.142. The van der Waals surface area contributed by atoms with Crippen molar-refractivity contribution in [2.24, 2.45) is 0 Å². The molecule has 0 saturated carbocycles. The lowest BCUT2D eigenvalue weighted by atomic mass is 10.1. The molecule has 0 unspecified atom stereocenters. The molecule has 2 aromatic rings. The van der Waals surface area contributed by atoms with E-state index in [4.69, 9.17) is 4.74 Å². The second kappa shape index (κ2) is 6.67. The monoisotopic (exact) mass is 357 g/mol. The Morgan fingerprint density at radius 1 is 1.60 bits per heavy atom. The Morgan fingerprint density at radius 3 is 2.95 bits per heavy atom. The number of aromatic nitrogens is 2. The van der Waals surface area contributed by atoms with Crippen LogP contribution in [0.2, 0.25) is 0 Å². The van der Waals surface area contributed by atoms with Crippen molar-refractivity contribution in [2.75, 3.05) is 7.11 Å². The molecule has 2 heterocycles. The average Bonchev–Trinajstić information content (AvgIpc) is 3.08. The van der Waals surface area contributed by atoms with E-state index in [2.05, 4.69) is 31.2 Å². The summed E-state index contributed by atoms with van der Waals surface area (Å²) in [6.07, 6.45) is 3.41. The predicted molar refractivity (Wildman–Crippen MR) is 77.6 cm³/mol. The predicted octanol–water partition coefficient (Wildman–Crippen LogP) is 1.75. The minimum Gasteiger partial charge on any atom is -0.467 e. The highest BCUT2D eigenvalue weighted by atomic mass is 79.9. The van der Waals surface area contributed by atoms with Gasteiger partial charge in [-0.1, -0.05) is 0 Å². The molecule has 0 spiro atoms. The van der Waals surface area contributed by atoms with Gasteiger partial charge in [0.05, 0.1) is 22.8 Å². The van der Waals surface area contributed by atoms with Crippen molar-refractivity contribution in [2.45, 2.75) is 12.5 Å². The molecule has 8 heteroatoms. The van der Waals surface area contributed by atoms with Crippen LogP contribution in [-0.4, -0.2) is 35.0 Å². The summed E-state index contributed by atoms with van der Waals surface area (Å²) in [6, 6.07) is 0.941. The minimum atomic E-state index is -0.758. The molecule has 0 bridgehead atoms. The van der Waals surface area contributed by atoms with Gasteiger partial charge >= 0.3 is 5.97 Å². The molecule has 1 amide bonds. The molecule has 2 N–H and O–H groups in total. The van der Waals surface area contributed by atoms with Gasteiger partial charge in [-0.25, -0.2) is 9.78 Å². The summed E-state index contributed by atoms with van der Waals surface area (Å²) >= 11 is 4.69. The van der Waals surface area contributed by atoms with Gasteiger partial charge < -0.3 is 15.0 Å². The number of aromatic amines is 1. The van der Waals surface area contributed by atoms with E-state index in [0.29, 0.717) is 12.0 Å².